The molecule has 4 aliphatic heterocycles. The average Bonchev–Trinajstić information content (AvgIpc) is 0.684. The van der Waals surface area contributed by atoms with Gasteiger partial charge in [0.2, 0.25) is 0 Å². The van der Waals surface area contributed by atoms with Gasteiger partial charge >= 0.3 is 87.6 Å². The second-order valence-electron chi connectivity index (χ2n) is 37.8. The summed E-state index contributed by atoms with van der Waals surface area (Å²) in [5, 5.41) is 4.46. The van der Waals surface area contributed by atoms with Gasteiger partial charge in [0, 0.05) is 41.5 Å². The van der Waals surface area contributed by atoms with Gasteiger partial charge in [0.05, 0.1) is 0 Å². The Morgan fingerprint density at radius 1 is 0.246 bits per heavy atom. The van der Waals surface area contributed by atoms with Crippen molar-refractivity contribution in [2.45, 2.75) is 237 Å². The molecule has 0 amide bonds. The topological polar surface area (TPSA) is 166 Å². The highest BCUT2D eigenvalue weighted by atomic mass is 28.6. The minimum atomic E-state index is -5.23. The van der Waals surface area contributed by atoms with Gasteiger partial charge in [0.25, 0.3) is 0 Å². The van der Waals surface area contributed by atoms with Gasteiger partial charge in [0.15, 0.2) is 66.5 Å². The van der Waals surface area contributed by atoms with Crippen LogP contribution in [0.1, 0.15) is 61.3 Å². The molecule has 0 saturated carbocycles. The first kappa shape index (κ1) is 106. The Hall–Kier alpha value is -3.32. The molecule has 12 rings (SSSR count). The molecule has 4 heterocycles. The molecule has 8 aromatic carbocycles. The van der Waals surface area contributed by atoms with E-state index in [0.29, 0.717) is 41.5 Å². The Labute approximate surface area is 754 Å². The first-order valence-electron chi connectivity index (χ1n) is 43.0. The Morgan fingerprint density at radius 2 is 0.402 bits per heavy atom. The van der Waals surface area contributed by atoms with Crippen LogP contribution < -0.4 is 41.5 Å². The third-order valence-electron chi connectivity index (χ3n) is 18.6. The number of fused-ring (bicyclic) bond motifs is 4. The average molecular weight is 1970 g/mol. The van der Waals surface area contributed by atoms with Gasteiger partial charge < -0.3 is 74.1 Å². The summed E-state index contributed by atoms with van der Waals surface area (Å²) in [5.74, 6) is 0. The van der Waals surface area contributed by atoms with Crippen molar-refractivity contribution in [1.29, 1.82) is 0 Å². The maximum atomic E-state index is 8.78. The largest absolute Gasteiger partial charge is 0.515 e. The molecule has 0 unspecified atom stereocenters. The van der Waals surface area contributed by atoms with E-state index in [9.17, 15) is 0 Å². The van der Waals surface area contributed by atoms with Crippen LogP contribution in [0.2, 0.25) is 175 Å². The van der Waals surface area contributed by atoms with Gasteiger partial charge in [-0.3, -0.25) is 0 Å². The molecule has 4 aliphatic rings. The van der Waals surface area contributed by atoms with Crippen molar-refractivity contribution in [1.82, 2.24) is 0 Å². The summed E-state index contributed by atoms with van der Waals surface area (Å²) < 4.78 is 144. The van der Waals surface area contributed by atoms with Crippen LogP contribution in [0.4, 0.5) is 0 Å². The normalized spacial score (nSPS) is 24.5. The van der Waals surface area contributed by atoms with Crippen LogP contribution in [0, 0.1) is 0 Å². The summed E-state index contributed by atoms with van der Waals surface area (Å²) in [4.78, 5) is 0. The molecule has 0 radical (unpaired) electrons. The van der Waals surface area contributed by atoms with E-state index >= 15 is 0 Å². The smallest absolute Gasteiger partial charge is 0.437 e. The lowest BCUT2D eigenvalue weighted by atomic mass is 10.4. The molecular formula is C86H146O18Si18. The van der Waals surface area contributed by atoms with E-state index in [1.165, 1.54) is 37.4 Å². The monoisotopic (exact) mass is 1970 g/mol. The first-order valence-corrected chi connectivity index (χ1v) is 88.4. The van der Waals surface area contributed by atoms with Crippen LogP contribution in [0.25, 0.3) is 0 Å². The van der Waals surface area contributed by atoms with Crippen LogP contribution in [0.5, 0.6) is 0 Å². The first-order chi connectivity index (χ1) is 56.3. The third-order valence-corrected chi connectivity index (χ3v) is 85.2. The molecule has 36 heteroatoms. The van der Waals surface area contributed by atoms with Crippen LogP contribution >= 0.6 is 0 Å². The van der Waals surface area contributed by atoms with Crippen LogP contribution in [0.3, 0.4) is 0 Å². The van der Waals surface area contributed by atoms with E-state index in [1.54, 1.807) is 0 Å². The minimum Gasteiger partial charge on any atom is -0.437 e. The lowest BCUT2D eigenvalue weighted by Crippen LogP contribution is -2.91. The van der Waals surface area contributed by atoms with Gasteiger partial charge in [-0.1, -0.05) is 310 Å². The Morgan fingerprint density at radius 3 is 0.549 bits per heavy atom. The molecule has 0 aromatic heterocycles. The van der Waals surface area contributed by atoms with E-state index in [0.717, 1.165) is 0 Å². The zero-order valence-corrected chi connectivity index (χ0v) is 96.0. The molecule has 0 N–H and O–H groups in total. The fourth-order valence-corrected chi connectivity index (χ4v) is 98.6. The SMILES string of the molecule is C.C=C[Si](C)(C)O[Si](C)(C)O[Si](C)(C)CCC.CC.CCC[Si](C)(C)O[Si](C)(C)O[Si](C)(C)CCC.C[Si](C)(C)O[Si]1(c2ccccc2)O[Si]2(c3ccccc3)O[Si](O[Si](C)(C)C)(c3ccccc3)O[Si](c3ccccc3)(O1)O[Si]1(c3ccccc3)O[Si](O[Si](C)(C)C)(c3ccccc3)O[Si](c3ccccc3)(O[Si](O[Si](C)(C)C)(c3ccccc3)O1)O2. The van der Waals surface area contributed by atoms with Crippen molar-refractivity contribution in [2.75, 3.05) is 0 Å². The zero-order valence-electron chi connectivity index (χ0n) is 78.0. The quantitative estimate of drug-likeness (QED) is 0.0376. The molecule has 122 heavy (non-hydrogen) atoms. The van der Waals surface area contributed by atoms with Gasteiger partial charge in [-0.15, -0.1) is 6.58 Å². The molecular weight excluding hydrogens is 1830 g/mol. The summed E-state index contributed by atoms with van der Waals surface area (Å²) in [6.07, 6.45) is 3.64. The Balaban J connectivity index is 0.000000475. The summed E-state index contributed by atoms with van der Waals surface area (Å²) in [6.45, 7) is 67.0. The highest BCUT2D eigenvalue weighted by molar-refractivity contribution is 7.11. The molecule has 0 atom stereocenters. The fraction of sp³-hybridized carbons (Fsp3) is 0.419. The maximum absolute atomic E-state index is 8.78. The van der Waals surface area contributed by atoms with Crippen LogP contribution in [-0.4, -0.2) is 154 Å². The second kappa shape index (κ2) is 42.7. The maximum Gasteiger partial charge on any atom is 0.515 e. The Kier molecular flexibility index (Phi) is 37.0. The van der Waals surface area contributed by atoms with Gasteiger partial charge in [-0.25, -0.2) is 0 Å². The van der Waals surface area contributed by atoms with E-state index in [2.05, 4.69) is 184 Å². The van der Waals surface area contributed by atoms with Crippen molar-refractivity contribution < 1.29 is 74.1 Å². The highest BCUT2D eigenvalue weighted by Gasteiger charge is 2.81. The van der Waals surface area contributed by atoms with Crippen molar-refractivity contribution in [2.24, 2.45) is 0 Å². The number of rotatable bonds is 31. The lowest BCUT2D eigenvalue weighted by molar-refractivity contribution is 0.0483. The minimum absolute atomic E-state index is 0. The highest BCUT2D eigenvalue weighted by Crippen LogP contribution is 2.45. The van der Waals surface area contributed by atoms with Crippen molar-refractivity contribution in [3.05, 3.63) is 255 Å². The second-order valence-corrected chi connectivity index (χ2v) is 104. The fourth-order valence-electron chi connectivity index (χ4n) is 15.1. The number of hydrogen-bond acceptors (Lipinski definition) is 18. The van der Waals surface area contributed by atoms with Crippen LogP contribution in [0.15, 0.2) is 255 Å². The van der Waals surface area contributed by atoms with E-state index in [-0.39, 0.29) is 7.43 Å². The predicted molar refractivity (Wildman–Crippen MR) is 546 cm³/mol. The lowest BCUT2D eigenvalue weighted by Gasteiger charge is -2.58. The van der Waals surface area contributed by atoms with Crippen molar-refractivity contribution >= 4 is 196 Å². The molecule has 0 spiro atoms. The van der Waals surface area contributed by atoms with Crippen LogP contribution in [-0.2, 0) is 74.1 Å². The molecule has 670 valence electrons. The van der Waals surface area contributed by atoms with Gasteiger partial charge in [0.1, 0.15) is 0 Å². The summed E-state index contributed by atoms with van der Waals surface area (Å²) >= 11 is 0. The number of hydrogen-bond donors (Lipinski definition) is 0. The van der Waals surface area contributed by atoms with Gasteiger partial charge in [-0.05, 0) is 175 Å². The van der Waals surface area contributed by atoms with Gasteiger partial charge in [-0.2, -0.15) is 0 Å². The molecule has 18 nitrogen and oxygen atoms in total. The Bertz CT molecular complexity index is 3970. The molecule has 8 aromatic rings. The third kappa shape index (κ3) is 29.1. The van der Waals surface area contributed by atoms with E-state index < -0.39 is 154 Å². The predicted octanol–water partition coefficient (Wildman–Crippen LogP) is 19.2. The summed E-state index contributed by atoms with van der Waals surface area (Å²) in [6, 6.07) is 82.1. The summed E-state index contributed by atoms with van der Waals surface area (Å²) in [5.41, 5.74) is 1.99. The van der Waals surface area contributed by atoms with Crippen molar-refractivity contribution in [3.63, 3.8) is 0 Å². The molecule has 4 bridgehead atoms. The molecule has 4 fully saturated rings. The standard InChI is InChI=1S/C60H76O14Si12.C12H32O2Si3.C11H28O2Si3.C2H6.CH4/c1-75(2,3)61-79(53-37-21-13-22-38-53)65-83(57-45-29-17-30-46-57)67-80(62-76(4,5)6,54-39-23-14-24-40-54)68-84(66-79,58-47-31-18-32-48-58)74-86(60-51-35-20-36-52-60)70-81(63-77(7,8)9,55-41-25-15-26-42-55)69-85(73-83,59-49-33-19-34-50-59)71-82(72-86,64-78(10,11)12)56-43-27-16-28-44-56;1-9-11-15(3,4)13-17(7,8)14-16(5,6)12-10-2;1-9-11-15(5,6)13-16(7,8)12-14(3,4)10-2;1-2;/h13-52H,1-12H3;9-12H2,1-8H3;10H,2,9,11H2,1,3-8H3;1-2H3;1H4. The zero-order chi connectivity index (χ0) is 89.6. The van der Waals surface area contributed by atoms with E-state index in [4.69, 9.17) is 74.1 Å². The molecule has 0 aliphatic carbocycles. The molecule has 4 saturated heterocycles. The summed E-state index contributed by atoms with van der Waals surface area (Å²) in [7, 11) is -62.1. The van der Waals surface area contributed by atoms with E-state index in [1.807, 2.05) is 262 Å². The number of benzene rings is 8. The van der Waals surface area contributed by atoms with Crippen molar-refractivity contribution in [3.8, 4) is 0 Å².